The number of furan rings is 1. The van der Waals surface area contributed by atoms with Crippen LogP contribution in [0.3, 0.4) is 0 Å². The van der Waals surface area contributed by atoms with Crippen LogP contribution in [-0.2, 0) is 11.3 Å². The average Bonchev–Trinajstić information content (AvgIpc) is 3.34. The van der Waals surface area contributed by atoms with E-state index in [4.69, 9.17) is 10.2 Å². The van der Waals surface area contributed by atoms with Crippen LogP contribution >= 0.6 is 11.3 Å². The van der Waals surface area contributed by atoms with E-state index in [1.54, 1.807) is 11.3 Å². The second-order valence-electron chi connectivity index (χ2n) is 7.22. The molecule has 148 valence electrons. The molecule has 28 heavy (non-hydrogen) atoms. The molecule has 0 spiro atoms. The van der Waals surface area contributed by atoms with Crippen molar-refractivity contribution in [1.82, 2.24) is 15.2 Å². The fourth-order valence-electron chi connectivity index (χ4n) is 3.71. The number of piperidine rings is 1. The smallest absolute Gasteiger partial charge is 0.221 e. The summed E-state index contributed by atoms with van der Waals surface area (Å²) >= 11 is 1.65. The van der Waals surface area contributed by atoms with Crippen molar-refractivity contribution < 1.29 is 9.21 Å². The Labute approximate surface area is 168 Å². The average molecular weight is 399 g/mol. The lowest BCUT2D eigenvalue weighted by Gasteiger charge is -2.35. The first-order chi connectivity index (χ1) is 13.7. The third-order valence-electron chi connectivity index (χ3n) is 5.18. The topological polar surface area (TPSA) is 84.4 Å². The second-order valence-corrected chi connectivity index (χ2v) is 8.25. The molecule has 0 bridgehead atoms. The number of hydrogen-bond donors (Lipinski definition) is 2. The summed E-state index contributed by atoms with van der Waals surface area (Å²) in [4.78, 5) is 18.8. The minimum Gasteiger partial charge on any atom is -0.457 e. The molecule has 1 saturated heterocycles. The molecule has 6 nitrogen and oxygen atoms in total. The number of benzene rings is 1. The number of fused-ring (bicyclic) bond motifs is 1. The summed E-state index contributed by atoms with van der Waals surface area (Å²) in [5, 5.41) is 3.93. The molecular weight excluding hydrogens is 372 g/mol. The van der Waals surface area contributed by atoms with Gasteiger partial charge < -0.3 is 15.5 Å². The Morgan fingerprint density at radius 1 is 1.29 bits per heavy atom. The molecule has 1 aromatic carbocycles. The van der Waals surface area contributed by atoms with E-state index in [-0.39, 0.29) is 5.91 Å². The van der Waals surface area contributed by atoms with Gasteiger partial charge in [-0.2, -0.15) is 0 Å². The predicted molar refractivity (Wildman–Crippen MR) is 112 cm³/mol. The number of amides is 1. The van der Waals surface area contributed by atoms with Crippen LogP contribution in [-0.4, -0.2) is 41.5 Å². The van der Waals surface area contributed by atoms with E-state index in [1.165, 1.54) is 17.5 Å². The lowest BCUT2D eigenvalue weighted by atomic mass is 10.0. The molecule has 3 aromatic rings. The van der Waals surface area contributed by atoms with Crippen molar-refractivity contribution in [3.05, 3.63) is 42.2 Å². The van der Waals surface area contributed by atoms with Gasteiger partial charge in [0.25, 0.3) is 0 Å². The molecule has 0 radical (unpaired) electrons. The minimum absolute atomic E-state index is 0.0316. The zero-order chi connectivity index (χ0) is 19.3. The molecule has 0 aliphatic carbocycles. The van der Waals surface area contributed by atoms with E-state index in [1.807, 2.05) is 30.3 Å². The monoisotopic (exact) mass is 398 g/mol. The molecule has 4 rings (SSSR count). The first-order valence-corrected chi connectivity index (χ1v) is 10.7. The second kappa shape index (κ2) is 8.86. The van der Waals surface area contributed by atoms with E-state index < -0.39 is 0 Å². The van der Waals surface area contributed by atoms with Gasteiger partial charge >= 0.3 is 0 Å². The number of hydrogen-bond acceptors (Lipinski definition) is 6. The first-order valence-electron chi connectivity index (χ1n) is 9.88. The van der Waals surface area contributed by atoms with Gasteiger partial charge in [0.2, 0.25) is 5.91 Å². The van der Waals surface area contributed by atoms with E-state index in [0.717, 1.165) is 41.6 Å². The third kappa shape index (κ3) is 4.43. The van der Waals surface area contributed by atoms with Crippen LogP contribution in [0.4, 0.5) is 0 Å². The summed E-state index contributed by atoms with van der Waals surface area (Å²) in [6, 6.07) is 12.5. The molecule has 0 saturated carbocycles. The van der Waals surface area contributed by atoms with Crippen LogP contribution in [0, 0.1) is 0 Å². The van der Waals surface area contributed by atoms with Crippen LogP contribution < -0.4 is 11.1 Å². The maximum Gasteiger partial charge on any atom is 0.221 e. The Balaban J connectivity index is 1.42. The molecule has 7 heteroatoms. The summed E-state index contributed by atoms with van der Waals surface area (Å²) < 4.78 is 7.28. The fraction of sp³-hybridized carbons (Fsp3) is 0.429. The van der Waals surface area contributed by atoms with E-state index >= 15 is 0 Å². The van der Waals surface area contributed by atoms with Gasteiger partial charge in [-0.15, -0.1) is 11.3 Å². The molecule has 2 aromatic heterocycles. The van der Waals surface area contributed by atoms with Crippen molar-refractivity contribution in [2.75, 3.05) is 19.6 Å². The predicted octanol–water partition coefficient (Wildman–Crippen LogP) is 3.38. The summed E-state index contributed by atoms with van der Waals surface area (Å²) in [5.41, 5.74) is 6.46. The van der Waals surface area contributed by atoms with Gasteiger partial charge in [0.1, 0.15) is 5.76 Å². The summed E-state index contributed by atoms with van der Waals surface area (Å²) in [6.45, 7) is 2.84. The Bertz CT molecular complexity index is 902. The number of para-hydroxylation sites is 1. The maximum absolute atomic E-state index is 11.8. The number of carbonyl (C=O) groups is 1. The Hall–Kier alpha value is -2.22. The highest BCUT2D eigenvalue weighted by atomic mass is 32.1. The molecule has 1 aliphatic rings. The molecule has 1 unspecified atom stereocenters. The largest absolute Gasteiger partial charge is 0.457 e. The summed E-state index contributed by atoms with van der Waals surface area (Å²) in [5.74, 6) is 1.79. The lowest BCUT2D eigenvalue weighted by molar-refractivity contribution is -0.121. The standard InChI is InChI=1S/C21H26N4O2S/c22-11-10-20(26)23-13-15-5-3-4-12-25(15)14-16-8-9-18(27-16)21-24-17-6-1-2-7-19(17)28-21/h1-2,6-9,15H,3-5,10-14,22H2,(H,23,26). The Kier molecular flexibility index (Phi) is 6.04. The fourth-order valence-corrected chi connectivity index (χ4v) is 4.63. The van der Waals surface area contributed by atoms with Crippen molar-refractivity contribution in [3.63, 3.8) is 0 Å². The van der Waals surface area contributed by atoms with Crippen LogP contribution in [0.2, 0.25) is 0 Å². The Morgan fingerprint density at radius 2 is 2.18 bits per heavy atom. The number of likely N-dealkylation sites (tertiary alicyclic amines) is 1. The number of nitrogens with two attached hydrogens (primary N) is 1. The van der Waals surface area contributed by atoms with E-state index in [9.17, 15) is 4.79 Å². The molecule has 1 atom stereocenters. The number of aromatic nitrogens is 1. The number of carbonyl (C=O) groups excluding carboxylic acids is 1. The highest BCUT2D eigenvalue weighted by molar-refractivity contribution is 7.21. The number of rotatable bonds is 7. The van der Waals surface area contributed by atoms with Gasteiger partial charge in [0.15, 0.2) is 10.8 Å². The van der Waals surface area contributed by atoms with E-state index in [0.29, 0.717) is 25.6 Å². The van der Waals surface area contributed by atoms with E-state index in [2.05, 4.69) is 21.3 Å². The minimum atomic E-state index is 0.0316. The number of nitrogens with zero attached hydrogens (tertiary/aromatic N) is 2. The van der Waals surface area contributed by atoms with Gasteiger partial charge in [-0.1, -0.05) is 18.6 Å². The number of nitrogens with one attached hydrogen (secondary N) is 1. The summed E-state index contributed by atoms with van der Waals surface area (Å²) in [7, 11) is 0. The molecule has 1 fully saturated rings. The molecule has 1 amide bonds. The van der Waals surface area contributed by atoms with Crippen LogP contribution in [0.15, 0.2) is 40.8 Å². The van der Waals surface area contributed by atoms with Crippen LogP contribution in [0.25, 0.3) is 21.0 Å². The Morgan fingerprint density at radius 3 is 3.04 bits per heavy atom. The summed E-state index contributed by atoms with van der Waals surface area (Å²) in [6.07, 6.45) is 3.85. The van der Waals surface area contributed by atoms with Crippen molar-refractivity contribution in [1.29, 1.82) is 0 Å². The van der Waals surface area contributed by atoms with Gasteiger partial charge in [0, 0.05) is 25.6 Å². The highest BCUT2D eigenvalue weighted by Gasteiger charge is 2.24. The van der Waals surface area contributed by atoms with Crippen LogP contribution in [0.1, 0.15) is 31.4 Å². The first kappa shape index (κ1) is 19.1. The molecule has 3 heterocycles. The van der Waals surface area contributed by atoms with Gasteiger partial charge in [-0.05, 0) is 43.7 Å². The van der Waals surface area contributed by atoms with Gasteiger partial charge in [-0.25, -0.2) is 4.98 Å². The van der Waals surface area contributed by atoms with Crippen molar-refractivity contribution in [2.24, 2.45) is 5.73 Å². The zero-order valence-corrected chi connectivity index (χ0v) is 16.7. The van der Waals surface area contributed by atoms with Crippen molar-refractivity contribution >= 4 is 27.5 Å². The zero-order valence-electron chi connectivity index (χ0n) is 15.9. The van der Waals surface area contributed by atoms with Gasteiger partial charge in [0.05, 0.1) is 16.8 Å². The highest BCUT2D eigenvalue weighted by Crippen LogP contribution is 2.31. The molecule has 1 aliphatic heterocycles. The SMILES string of the molecule is NCCC(=O)NCC1CCCCN1Cc1ccc(-c2nc3ccccc3s2)o1. The quantitative estimate of drug-likeness (QED) is 0.637. The normalized spacial score (nSPS) is 17.8. The van der Waals surface area contributed by atoms with Crippen LogP contribution in [0.5, 0.6) is 0 Å². The number of thiazole rings is 1. The van der Waals surface area contributed by atoms with Gasteiger partial charge in [-0.3, -0.25) is 9.69 Å². The van der Waals surface area contributed by atoms with Crippen molar-refractivity contribution in [2.45, 2.75) is 38.3 Å². The van der Waals surface area contributed by atoms with Crippen molar-refractivity contribution in [3.8, 4) is 10.8 Å². The third-order valence-corrected chi connectivity index (χ3v) is 6.23. The molecular formula is C21H26N4O2S. The maximum atomic E-state index is 11.8. The lowest BCUT2D eigenvalue weighted by Crippen LogP contribution is -2.46. The molecule has 3 N–H and O–H groups in total.